The van der Waals surface area contributed by atoms with Gasteiger partial charge in [0, 0.05) is 5.69 Å². The van der Waals surface area contributed by atoms with Crippen LogP contribution in [0.2, 0.25) is 5.15 Å². The van der Waals surface area contributed by atoms with E-state index in [4.69, 9.17) is 11.6 Å². The van der Waals surface area contributed by atoms with Crippen LogP contribution < -0.4 is 10.7 Å². The maximum absolute atomic E-state index is 11.9. The first-order valence-corrected chi connectivity index (χ1v) is 9.29. The van der Waals surface area contributed by atoms with E-state index in [1.54, 1.807) is 23.7 Å². The van der Waals surface area contributed by atoms with E-state index in [2.05, 4.69) is 20.9 Å². The zero-order valence-electron chi connectivity index (χ0n) is 16.0. The molecule has 0 aliphatic rings. The zero-order chi connectivity index (χ0) is 20.8. The smallest absolute Gasteiger partial charge is 0.318 e. The van der Waals surface area contributed by atoms with Crippen LogP contribution in [0.1, 0.15) is 22.4 Å². The molecule has 0 unspecified atom stereocenters. The van der Waals surface area contributed by atoms with Gasteiger partial charge in [-0.25, -0.2) is 10.1 Å². The molecule has 0 spiro atoms. The Kier molecular flexibility index (Phi) is 6.41. The Labute approximate surface area is 173 Å². The van der Waals surface area contributed by atoms with Crippen LogP contribution in [0.5, 0.6) is 0 Å². The van der Waals surface area contributed by atoms with Crippen LogP contribution in [-0.2, 0) is 16.1 Å². The van der Waals surface area contributed by atoms with Gasteiger partial charge in [0.2, 0.25) is 0 Å². The fraction of sp³-hybridized carbons (Fsp3) is 0.143. The van der Waals surface area contributed by atoms with Gasteiger partial charge >= 0.3 is 11.8 Å². The minimum Gasteiger partial charge on any atom is -0.318 e. The third kappa shape index (κ3) is 5.30. The number of hydrazone groups is 1. The molecule has 0 saturated carbocycles. The monoisotopic (exact) mass is 409 g/mol. The van der Waals surface area contributed by atoms with Gasteiger partial charge in [-0.2, -0.15) is 10.2 Å². The summed E-state index contributed by atoms with van der Waals surface area (Å²) in [6.07, 6.45) is 1.38. The minimum atomic E-state index is -0.882. The van der Waals surface area contributed by atoms with E-state index in [9.17, 15) is 9.59 Å². The summed E-state index contributed by atoms with van der Waals surface area (Å²) in [5.74, 6) is -1.69. The van der Waals surface area contributed by atoms with Gasteiger partial charge in [0.25, 0.3) is 0 Å². The lowest BCUT2D eigenvalue weighted by Gasteiger charge is -2.04. The molecule has 1 aromatic heterocycles. The highest BCUT2D eigenvalue weighted by Crippen LogP contribution is 2.19. The molecule has 0 atom stereocenters. The van der Waals surface area contributed by atoms with Crippen LogP contribution in [0.15, 0.2) is 59.7 Å². The van der Waals surface area contributed by atoms with Crippen LogP contribution in [0.25, 0.3) is 0 Å². The lowest BCUT2D eigenvalue weighted by Crippen LogP contribution is -2.32. The first-order valence-electron chi connectivity index (χ1n) is 8.92. The zero-order valence-corrected chi connectivity index (χ0v) is 16.8. The predicted molar refractivity (Wildman–Crippen MR) is 113 cm³/mol. The number of benzene rings is 2. The summed E-state index contributed by atoms with van der Waals surface area (Å²) in [6, 6.07) is 16.9. The summed E-state index contributed by atoms with van der Waals surface area (Å²) < 4.78 is 1.65. The Hall–Kier alpha value is -3.45. The van der Waals surface area contributed by atoms with E-state index in [-0.39, 0.29) is 0 Å². The van der Waals surface area contributed by atoms with Crippen molar-refractivity contribution in [3.63, 3.8) is 0 Å². The highest BCUT2D eigenvalue weighted by atomic mass is 35.5. The lowest BCUT2D eigenvalue weighted by molar-refractivity contribution is -0.136. The topological polar surface area (TPSA) is 88.4 Å². The molecule has 0 saturated heterocycles. The van der Waals surface area contributed by atoms with Crippen molar-refractivity contribution in [1.82, 2.24) is 15.2 Å². The van der Waals surface area contributed by atoms with Crippen molar-refractivity contribution in [3.8, 4) is 0 Å². The number of rotatable bonds is 5. The number of aryl methyl sites for hydroxylation is 2. The molecule has 0 fully saturated rings. The molecule has 2 amide bonds. The molecule has 0 aliphatic carbocycles. The molecule has 2 aromatic carbocycles. The first kappa shape index (κ1) is 20.3. The molecule has 0 radical (unpaired) electrons. The van der Waals surface area contributed by atoms with Gasteiger partial charge in [-0.1, -0.05) is 59.6 Å². The highest BCUT2D eigenvalue weighted by molar-refractivity contribution is 6.39. The Balaban J connectivity index is 1.61. The number of aromatic nitrogens is 2. The number of hydrogen-bond donors (Lipinski definition) is 2. The fourth-order valence-corrected chi connectivity index (χ4v) is 2.89. The van der Waals surface area contributed by atoms with Gasteiger partial charge in [0.15, 0.2) is 0 Å². The van der Waals surface area contributed by atoms with Crippen molar-refractivity contribution in [3.05, 3.63) is 82.1 Å². The normalized spacial score (nSPS) is 10.9. The molecular formula is C21H20ClN5O2. The van der Waals surface area contributed by atoms with Crippen LogP contribution in [-0.4, -0.2) is 27.8 Å². The second kappa shape index (κ2) is 9.16. The average molecular weight is 410 g/mol. The maximum Gasteiger partial charge on any atom is 0.329 e. The minimum absolute atomic E-state index is 0.397. The van der Waals surface area contributed by atoms with Gasteiger partial charge < -0.3 is 5.32 Å². The average Bonchev–Trinajstić information content (AvgIpc) is 2.97. The number of hydrogen-bond acceptors (Lipinski definition) is 4. The summed E-state index contributed by atoms with van der Waals surface area (Å²) in [7, 11) is 0. The van der Waals surface area contributed by atoms with Crippen molar-refractivity contribution in [1.29, 1.82) is 0 Å². The molecule has 0 bridgehead atoms. The Morgan fingerprint density at radius 1 is 1.07 bits per heavy atom. The third-order valence-corrected chi connectivity index (χ3v) is 4.56. The van der Waals surface area contributed by atoms with Crippen LogP contribution in [0.4, 0.5) is 5.69 Å². The van der Waals surface area contributed by atoms with E-state index in [1.165, 1.54) is 6.21 Å². The highest BCUT2D eigenvalue weighted by Gasteiger charge is 2.14. The summed E-state index contributed by atoms with van der Waals surface area (Å²) in [5, 5.41) is 11.1. The van der Waals surface area contributed by atoms with Crippen molar-refractivity contribution < 1.29 is 9.59 Å². The Morgan fingerprint density at radius 2 is 1.76 bits per heavy atom. The molecule has 1 heterocycles. The number of anilines is 1. The number of nitrogens with zero attached hydrogens (tertiary/aromatic N) is 3. The fourth-order valence-electron chi connectivity index (χ4n) is 2.61. The number of carbonyl (C=O) groups excluding carboxylic acids is 2. The number of amides is 2. The van der Waals surface area contributed by atoms with Crippen molar-refractivity contribution in [2.75, 3.05) is 5.32 Å². The standard InChI is InChI=1S/C21H20ClN5O2/c1-14-8-10-17(11-9-14)24-20(28)21(29)25-23-12-18-15(2)26-27(19(18)22)13-16-6-4-3-5-7-16/h3-12H,13H2,1-2H3,(H,24,28)(H,25,29)/b23-12-. The molecule has 3 rings (SSSR count). The number of nitrogens with one attached hydrogen (secondary N) is 2. The molecular weight excluding hydrogens is 390 g/mol. The third-order valence-electron chi connectivity index (χ3n) is 4.16. The quantitative estimate of drug-likeness (QED) is 0.385. The Bertz CT molecular complexity index is 1040. The van der Waals surface area contributed by atoms with E-state index in [1.807, 2.05) is 49.4 Å². The summed E-state index contributed by atoms with van der Waals surface area (Å²) in [6.45, 7) is 4.24. The number of halogens is 1. The Morgan fingerprint density at radius 3 is 2.45 bits per heavy atom. The second-order valence-corrected chi connectivity index (χ2v) is 6.81. The predicted octanol–water partition coefficient (Wildman–Crippen LogP) is 3.29. The van der Waals surface area contributed by atoms with Gasteiger partial charge in [-0.3, -0.25) is 9.59 Å². The van der Waals surface area contributed by atoms with Gasteiger partial charge in [0.1, 0.15) is 5.15 Å². The van der Waals surface area contributed by atoms with Gasteiger partial charge in [0.05, 0.1) is 24.0 Å². The van der Waals surface area contributed by atoms with Crippen LogP contribution >= 0.6 is 11.6 Å². The first-order chi connectivity index (χ1) is 13.9. The van der Waals surface area contributed by atoms with E-state index < -0.39 is 11.8 Å². The molecule has 29 heavy (non-hydrogen) atoms. The molecule has 3 aromatic rings. The largest absolute Gasteiger partial charge is 0.329 e. The second-order valence-electron chi connectivity index (χ2n) is 6.45. The SMILES string of the molecule is Cc1ccc(NC(=O)C(=O)N/N=C\c2c(C)nn(Cc3ccccc3)c2Cl)cc1. The molecule has 0 aliphatic heterocycles. The summed E-state index contributed by atoms with van der Waals surface area (Å²) in [5.41, 5.74) is 6.07. The van der Waals surface area contributed by atoms with Crippen LogP contribution in [0.3, 0.4) is 0 Å². The molecule has 7 nitrogen and oxygen atoms in total. The maximum atomic E-state index is 11.9. The number of carbonyl (C=O) groups is 2. The molecule has 148 valence electrons. The molecule has 8 heteroatoms. The van der Waals surface area contributed by atoms with Crippen LogP contribution in [0, 0.1) is 13.8 Å². The van der Waals surface area contributed by atoms with Crippen molar-refractivity contribution in [2.45, 2.75) is 20.4 Å². The van der Waals surface area contributed by atoms with Gasteiger partial charge in [-0.05, 0) is 31.5 Å². The lowest BCUT2D eigenvalue weighted by atomic mass is 10.2. The summed E-state index contributed by atoms with van der Waals surface area (Å²) in [4.78, 5) is 23.9. The van der Waals surface area contributed by atoms with E-state index in [0.29, 0.717) is 28.6 Å². The molecule has 2 N–H and O–H groups in total. The van der Waals surface area contributed by atoms with Crippen molar-refractivity contribution in [2.24, 2.45) is 5.10 Å². The van der Waals surface area contributed by atoms with E-state index >= 15 is 0 Å². The van der Waals surface area contributed by atoms with Crippen molar-refractivity contribution >= 4 is 35.3 Å². The van der Waals surface area contributed by atoms with Gasteiger partial charge in [-0.15, -0.1) is 0 Å². The summed E-state index contributed by atoms with van der Waals surface area (Å²) >= 11 is 6.39. The van der Waals surface area contributed by atoms with E-state index in [0.717, 1.165) is 11.1 Å².